The zero-order chi connectivity index (χ0) is 21.0. The Morgan fingerprint density at radius 2 is 1.93 bits per heavy atom. The molecule has 3 rings (SSSR count). The van der Waals surface area contributed by atoms with Crippen molar-refractivity contribution in [2.45, 2.75) is 38.9 Å². The molecule has 2 atom stereocenters. The number of ether oxygens (including phenoxy) is 1. The summed E-state index contributed by atoms with van der Waals surface area (Å²) >= 11 is 0. The van der Waals surface area contributed by atoms with Gasteiger partial charge >= 0.3 is 0 Å². The Balaban J connectivity index is 1.61. The average molecular weight is 419 g/mol. The molecule has 1 saturated heterocycles. The maximum atomic E-state index is 12.5. The normalized spacial score (nSPS) is 20.4. The third-order valence-electron chi connectivity index (χ3n) is 4.71. The van der Waals surface area contributed by atoms with Crippen LogP contribution in [-0.2, 0) is 21.4 Å². The topological polar surface area (TPSA) is 126 Å². The number of morpholine rings is 1. The van der Waals surface area contributed by atoms with Crippen molar-refractivity contribution in [2.75, 3.05) is 25.4 Å². The number of nitrogens with zero attached hydrogens (tertiary/aromatic N) is 4. The van der Waals surface area contributed by atoms with E-state index >= 15 is 0 Å². The third kappa shape index (κ3) is 4.94. The van der Waals surface area contributed by atoms with Crippen molar-refractivity contribution in [3.05, 3.63) is 41.6 Å². The summed E-state index contributed by atoms with van der Waals surface area (Å²) in [6.07, 6.45) is 0.650. The highest BCUT2D eigenvalue weighted by Gasteiger charge is 2.30. The van der Waals surface area contributed by atoms with E-state index in [4.69, 9.17) is 10.5 Å². The number of hydrogen-bond donors (Lipinski definition) is 2. The molecular weight excluding hydrogens is 392 g/mol. The largest absolute Gasteiger partial charge is 0.382 e. The first-order valence-electron chi connectivity index (χ1n) is 9.55. The molecule has 3 N–H and O–H groups in total. The van der Waals surface area contributed by atoms with Crippen LogP contribution in [0.1, 0.15) is 31.5 Å². The maximum absolute atomic E-state index is 12.5. The van der Waals surface area contributed by atoms with Gasteiger partial charge in [-0.05, 0) is 38.8 Å². The van der Waals surface area contributed by atoms with E-state index in [1.807, 2.05) is 44.2 Å². The van der Waals surface area contributed by atoms with Crippen LogP contribution >= 0.6 is 0 Å². The summed E-state index contributed by atoms with van der Waals surface area (Å²) in [5.74, 6) is 0.283. The Labute approximate surface area is 171 Å². The molecule has 10 heteroatoms. The number of anilines is 1. The molecule has 1 aliphatic heterocycles. The van der Waals surface area contributed by atoms with E-state index in [1.54, 1.807) is 0 Å². The SMILES string of the molecule is C[C@@H]1CN(S(=O)(=O)NCCCc2nn(-c3ccccc3)c(N)c2C#N)C[C@H](C)O1. The summed E-state index contributed by atoms with van der Waals surface area (Å²) in [4.78, 5) is 0. The Hall–Kier alpha value is -2.45. The molecule has 1 aliphatic rings. The van der Waals surface area contributed by atoms with E-state index in [1.165, 1.54) is 8.99 Å². The highest BCUT2D eigenvalue weighted by atomic mass is 32.2. The number of rotatable bonds is 7. The minimum atomic E-state index is -3.58. The van der Waals surface area contributed by atoms with Crippen LogP contribution in [0.2, 0.25) is 0 Å². The number of benzene rings is 1. The molecule has 2 heterocycles. The van der Waals surface area contributed by atoms with Crippen molar-refractivity contribution in [1.82, 2.24) is 18.8 Å². The summed E-state index contributed by atoms with van der Waals surface area (Å²) < 4.78 is 36.2. The predicted octanol–water partition coefficient (Wildman–Crippen LogP) is 1.20. The van der Waals surface area contributed by atoms with E-state index in [9.17, 15) is 13.7 Å². The quantitative estimate of drug-likeness (QED) is 0.651. The molecule has 1 aromatic heterocycles. The lowest BCUT2D eigenvalue weighted by Gasteiger charge is -2.34. The zero-order valence-electron chi connectivity index (χ0n) is 16.6. The number of aromatic nitrogens is 2. The fourth-order valence-electron chi connectivity index (χ4n) is 3.42. The Morgan fingerprint density at radius 1 is 1.28 bits per heavy atom. The van der Waals surface area contributed by atoms with E-state index in [0.29, 0.717) is 37.2 Å². The van der Waals surface area contributed by atoms with Crippen molar-refractivity contribution in [2.24, 2.45) is 0 Å². The fourth-order valence-corrected chi connectivity index (χ4v) is 4.81. The van der Waals surface area contributed by atoms with Gasteiger partial charge in [-0.15, -0.1) is 0 Å². The molecule has 0 amide bonds. The molecule has 0 saturated carbocycles. The van der Waals surface area contributed by atoms with E-state index < -0.39 is 10.2 Å². The summed E-state index contributed by atoms with van der Waals surface area (Å²) in [5, 5.41) is 13.9. The molecule has 0 aliphatic carbocycles. The molecule has 1 aromatic carbocycles. The first kappa shape index (κ1) is 21.3. The Kier molecular flexibility index (Phi) is 6.54. The van der Waals surface area contributed by atoms with Gasteiger partial charge in [-0.2, -0.15) is 23.1 Å². The van der Waals surface area contributed by atoms with E-state index in [0.717, 1.165) is 5.69 Å². The highest BCUT2D eigenvalue weighted by Crippen LogP contribution is 2.21. The van der Waals surface area contributed by atoms with Crippen LogP contribution in [0.25, 0.3) is 5.69 Å². The lowest BCUT2D eigenvalue weighted by molar-refractivity contribution is -0.0443. The van der Waals surface area contributed by atoms with Crippen LogP contribution in [-0.4, -0.2) is 54.3 Å². The second-order valence-electron chi connectivity index (χ2n) is 7.14. The average Bonchev–Trinajstić information content (AvgIpc) is 3.00. The van der Waals surface area contributed by atoms with Gasteiger partial charge in [0.05, 0.1) is 23.6 Å². The lowest BCUT2D eigenvalue weighted by atomic mass is 10.1. The zero-order valence-corrected chi connectivity index (χ0v) is 17.4. The van der Waals surface area contributed by atoms with Crippen molar-refractivity contribution in [3.63, 3.8) is 0 Å². The predicted molar refractivity (Wildman–Crippen MR) is 110 cm³/mol. The molecule has 2 aromatic rings. The molecular formula is C19H26N6O3S. The smallest absolute Gasteiger partial charge is 0.279 e. The van der Waals surface area contributed by atoms with Gasteiger partial charge in [-0.3, -0.25) is 0 Å². The van der Waals surface area contributed by atoms with Crippen molar-refractivity contribution >= 4 is 16.0 Å². The fraction of sp³-hybridized carbons (Fsp3) is 0.474. The number of aryl methyl sites for hydroxylation is 1. The van der Waals surface area contributed by atoms with Crippen LogP contribution in [0.3, 0.4) is 0 Å². The lowest BCUT2D eigenvalue weighted by Crippen LogP contribution is -2.52. The highest BCUT2D eigenvalue weighted by molar-refractivity contribution is 7.87. The number of para-hydroxylation sites is 1. The van der Waals surface area contributed by atoms with Gasteiger partial charge in [0.25, 0.3) is 10.2 Å². The van der Waals surface area contributed by atoms with Gasteiger partial charge in [0.1, 0.15) is 17.5 Å². The molecule has 0 bridgehead atoms. The first-order valence-corrected chi connectivity index (χ1v) is 11.0. The molecule has 9 nitrogen and oxygen atoms in total. The Morgan fingerprint density at radius 3 is 2.55 bits per heavy atom. The van der Waals surface area contributed by atoms with Crippen LogP contribution in [0.5, 0.6) is 0 Å². The maximum Gasteiger partial charge on any atom is 0.279 e. The Bertz CT molecular complexity index is 973. The monoisotopic (exact) mass is 418 g/mol. The van der Waals surface area contributed by atoms with Gasteiger partial charge < -0.3 is 10.5 Å². The molecule has 0 radical (unpaired) electrons. The number of hydrogen-bond acceptors (Lipinski definition) is 6. The number of nitriles is 1. The molecule has 156 valence electrons. The summed E-state index contributed by atoms with van der Waals surface area (Å²) in [5.41, 5.74) is 7.74. The van der Waals surface area contributed by atoms with Crippen molar-refractivity contribution in [1.29, 1.82) is 5.26 Å². The molecule has 29 heavy (non-hydrogen) atoms. The van der Waals surface area contributed by atoms with E-state index in [2.05, 4.69) is 15.9 Å². The van der Waals surface area contributed by atoms with Crippen LogP contribution in [0.15, 0.2) is 30.3 Å². The van der Waals surface area contributed by atoms with Crippen molar-refractivity contribution < 1.29 is 13.2 Å². The van der Waals surface area contributed by atoms with E-state index in [-0.39, 0.29) is 24.6 Å². The second-order valence-corrected chi connectivity index (χ2v) is 8.90. The minimum absolute atomic E-state index is 0.140. The van der Waals surface area contributed by atoms with Gasteiger partial charge in [-0.1, -0.05) is 18.2 Å². The van der Waals surface area contributed by atoms with Crippen molar-refractivity contribution in [3.8, 4) is 11.8 Å². The number of nitrogen functional groups attached to an aromatic ring is 1. The third-order valence-corrected chi connectivity index (χ3v) is 6.25. The van der Waals surface area contributed by atoms with Crippen LogP contribution < -0.4 is 10.5 Å². The van der Waals surface area contributed by atoms with Gasteiger partial charge in [0, 0.05) is 19.6 Å². The summed E-state index contributed by atoms with van der Waals surface area (Å²) in [7, 11) is -3.58. The van der Waals surface area contributed by atoms with Gasteiger partial charge in [-0.25, -0.2) is 9.40 Å². The van der Waals surface area contributed by atoms with Crippen LogP contribution in [0.4, 0.5) is 5.82 Å². The second kappa shape index (κ2) is 8.92. The standard InChI is InChI=1S/C19H26N6O3S/c1-14-12-24(13-15(2)28-14)29(26,27)22-10-6-9-18-17(11-20)19(21)25(23-18)16-7-4-3-5-8-16/h3-5,7-8,14-15,22H,6,9-10,12-13,21H2,1-2H3/t14-,15+. The number of nitrogens with one attached hydrogen (secondary N) is 1. The molecule has 0 spiro atoms. The molecule has 1 fully saturated rings. The summed E-state index contributed by atoms with van der Waals surface area (Å²) in [6, 6.07) is 11.4. The first-order chi connectivity index (χ1) is 13.8. The minimum Gasteiger partial charge on any atom is -0.382 e. The van der Waals surface area contributed by atoms with Gasteiger partial charge in [0.2, 0.25) is 0 Å². The number of nitrogens with two attached hydrogens (primary N) is 1. The molecule has 0 unspecified atom stereocenters. The van der Waals surface area contributed by atoms with Gasteiger partial charge in [0.15, 0.2) is 0 Å². The summed E-state index contributed by atoms with van der Waals surface area (Å²) in [6.45, 7) is 4.61. The van der Waals surface area contributed by atoms with Crippen LogP contribution in [0, 0.1) is 11.3 Å².